The molecule has 1 aromatic heterocycles. The van der Waals surface area contributed by atoms with Crippen LogP contribution in [0.4, 0.5) is 0 Å². The fraction of sp³-hybridized carbons (Fsp3) is 0.412. The van der Waals surface area contributed by atoms with Crippen LogP contribution in [-0.4, -0.2) is 4.57 Å². The lowest BCUT2D eigenvalue weighted by Crippen LogP contribution is -2.32. The molecule has 18 heavy (non-hydrogen) atoms. The molecule has 0 aliphatic carbocycles. The van der Waals surface area contributed by atoms with E-state index >= 15 is 0 Å². The Labute approximate surface area is 109 Å². The van der Waals surface area contributed by atoms with Crippen molar-refractivity contribution in [3.05, 3.63) is 34.8 Å². The lowest BCUT2D eigenvalue weighted by atomic mass is 9.97. The molecule has 2 rings (SSSR count). The minimum Gasteiger partial charge on any atom is -0.340 e. The van der Waals surface area contributed by atoms with Crippen LogP contribution in [0.25, 0.3) is 23.1 Å². The SMILES string of the molecule is C/C=c1\c(=C/C)n(CC(C)(C)C)c2ccccc12. The number of hydrogen-bond donors (Lipinski definition) is 0. The van der Waals surface area contributed by atoms with Crippen LogP contribution in [0.5, 0.6) is 0 Å². The largest absolute Gasteiger partial charge is 0.340 e. The number of aromatic nitrogens is 1. The molecule has 0 fully saturated rings. The van der Waals surface area contributed by atoms with E-state index in [-0.39, 0.29) is 5.41 Å². The third-order valence-corrected chi connectivity index (χ3v) is 3.25. The number of rotatable bonds is 1. The highest BCUT2D eigenvalue weighted by Crippen LogP contribution is 2.18. The van der Waals surface area contributed by atoms with Gasteiger partial charge in [0.05, 0.1) is 0 Å². The Morgan fingerprint density at radius 3 is 2.28 bits per heavy atom. The van der Waals surface area contributed by atoms with Crippen molar-refractivity contribution in [2.75, 3.05) is 0 Å². The Hall–Kier alpha value is -1.50. The van der Waals surface area contributed by atoms with Gasteiger partial charge in [0.25, 0.3) is 0 Å². The van der Waals surface area contributed by atoms with Crippen molar-refractivity contribution in [3.63, 3.8) is 0 Å². The van der Waals surface area contributed by atoms with Gasteiger partial charge < -0.3 is 4.57 Å². The number of nitrogens with zero attached hydrogens (tertiary/aromatic N) is 1. The molecule has 2 aromatic rings. The van der Waals surface area contributed by atoms with Gasteiger partial charge in [-0.15, -0.1) is 0 Å². The number of hydrogen-bond acceptors (Lipinski definition) is 0. The first-order valence-electron chi connectivity index (χ1n) is 6.68. The molecule has 0 spiro atoms. The summed E-state index contributed by atoms with van der Waals surface area (Å²) >= 11 is 0. The van der Waals surface area contributed by atoms with E-state index in [9.17, 15) is 0 Å². The molecule has 0 unspecified atom stereocenters. The molecule has 0 aliphatic rings. The highest BCUT2D eigenvalue weighted by molar-refractivity contribution is 5.82. The minimum absolute atomic E-state index is 0.282. The van der Waals surface area contributed by atoms with Gasteiger partial charge in [-0.05, 0) is 25.3 Å². The fourth-order valence-electron chi connectivity index (χ4n) is 2.61. The zero-order valence-corrected chi connectivity index (χ0v) is 12.1. The number of para-hydroxylation sites is 1. The zero-order chi connectivity index (χ0) is 13.3. The highest BCUT2D eigenvalue weighted by atomic mass is 15.0. The third-order valence-electron chi connectivity index (χ3n) is 3.25. The van der Waals surface area contributed by atoms with E-state index in [1.807, 2.05) is 0 Å². The van der Waals surface area contributed by atoms with Crippen LogP contribution < -0.4 is 10.6 Å². The van der Waals surface area contributed by atoms with E-state index < -0.39 is 0 Å². The Morgan fingerprint density at radius 1 is 1.06 bits per heavy atom. The lowest BCUT2D eigenvalue weighted by Gasteiger charge is -2.20. The standard InChI is InChI=1S/C17H23N/c1-6-13-14-10-8-9-11-16(14)18(15(13)7-2)12-17(3,4)5/h6-11H,12H2,1-5H3/b13-6-,15-7+. The average molecular weight is 241 g/mol. The van der Waals surface area contributed by atoms with Gasteiger partial charge in [0.15, 0.2) is 0 Å². The van der Waals surface area contributed by atoms with Crippen molar-refractivity contribution < 1.29 is 0 Å². The quantitative estimate of drug-likeness (QED) is 0.722. The first-order valence-corrected chi connectivity index (χ1v) is 6.68. The van der Waals surface area contributed by atoms with Crippen molar-refractivity contribution in [2.45, 2.75) is 41.2 Å². The predicted molar refractivity (Wildman–Crippen MR) is 80.9 cm³/mol. The molecule has 0 N–H and O–H groups in total. The Kier molecular flexibility index (Phi) is 3.34. The fourth-order valence-corrected chi connectivity index (χ4v) is 2.61. The van der Waals surface area contributed by atoms with E-state index in [2.05, 4.69) is 75.6 Å². The molecule has 0 radical (unpaired) electrons. The topological polar surface area (TPSA) is 4.93 Å². The second-order valence-electron chi connectivity index (χ2n) is 6.04. The summed E-state index contributed by atoms with van der Waals surface area (Å²) in [6, 6.07) is 8.69. The summed E-state index contributed by atoms with van der Waals surface area (Å²) < 4.78 is 2.45. The number of benzene rings is 1. The van der Waals surface area contributed by atoms with Crippen LogP contribution in [0.1, 0.15) is 34.6 Å². The normalized spacial score (nSPS) is 14.7. The van der Waals surface area contributed by atoms with Crippen LogP contribution >= 0.6 is 0 Å². The lowest BCUT2D eigenvalue weighted by molar-refractivity contribution is 0.345. The Morgan fingerprint density at radius 2 is 1.72 bits per heavy atom. The molecule has 0 saturated carbocycles. The molecular formula is C17H23N. The molecular weight excluding hydrogens is 218 g/mol. The van der Waals surface area contributed by atoms with Gasteiger partial charge in [0.1, 0.15) is 0 Å². The Bertz CT molecular complexity index is 666. The second-order valence-corrected chi connectivity index (χ2v) is 6.04. The monoisotopic (exact) mass is 241 g/mol. The molecule has 1 nitrogen and oxygen atoms in total. The number of fused-ring (bicyclic) bond motifs is 1. The maximum atomic E-state index is 2.45. The first-order chi connectivity index (χ1) is 8.48. The van der Waals surface area contributed by atoms with Gasteiger partial charge in [0, 0.05) is 28.0 Å². The van der Waals surface area contributed by atoms with Crippen LogP contribution in [0, 0.1) is 5.41 Å². The first kappa shape index (κ1) is 12.9. The van der Waals surface area contributed by atoms with E-state index in [0.29, 0.717) is 0 Å². The summed E-state index contributed by atoms with van der Waals surface area (Å²) in [6.45, 7) is 12.2. The van der Waals surface area contributed by atoms with E-state index in [1.54, 1.807) is 0 Å². The predicted octanol–water partition coefficient (Wildman–Crippen LogP) is 3.29. The van der Waals surface area contributed by atoms with Crippen molar-refractivity contribution >= 4 is 23.1 Å². The summed E-state index contributed by atoms with van der Waals surface area (Å²) in [5, 5.41) is 4.06. The molecule has 1 aromatic carbocycles. The molecule has 0 bridgehead atoms. The van der Waals surface area contributed by atoms with Gasteiger partial charge in [-0.25, -0.2) is 0 Å². The van der Waals surface area contributed by atoms with Crippen molar-refractivity contribution in [2.24, 2.45) is 5.41 Å². The van der Waals surface area contributed by atoms with Crippen LogP contribution in [0.3, 0.4) is 0 Å². The molecule has 0 amide bonds. The average Bonchev–Trinajstić information content (AvgIpc) is 2.61. The molecule has 1 heterocycles. The van der Waals surface area contributed by atoms with Crippen LogP contribution in [-0.2, 0) is 6.54 Å². The maximum Gasteiger partial charge on any atom is 0.0491 e. The summed E-state index contributed by atoms with van der Waals surface area (Å²) in [5.74, 6) is 0. The smallest absolute Gasteiger partial charge is 0.0491 e. The molecule has 0 atom stereocenters. The van der Waals surface area contributed by atoms with E-state index in [4.69, 9.17) is 0 Å². The summed E-state index contributed by atoms with van der Waals surface area (Å²) in [7, 11) is 0. The zero-order valence-electron chi connectivity index (χ0n) is 12.1. The van der Waals surface area contributed by atoms with Gasteiger partial charge in [-0.3, -0.25) is 0 Å². The Balaban J connectivity index is 2.88. The summed E-state index contributed by atoms with van der Waals surface area (Å²) in [4.78, 5) is 0. The second kappa shape index (κ2) is 4.64. The molecule has 96 valence electrons. The molecule has 0 saturated heterocycles. The van der Waals surface area contributed by atoms with Gasteiger partial charge in [-0.2, -0.15) is 0 Å². The van der Waals surface area contributed by atoms with E-state index in [1.165, 1.54) is 21.5 Å². The maximum absolute atomic E-state index is 2.45. The summed E-state index contributed by atoms with van der Waals surface area (Å²) in [6.07, 6.45) is 4.44. The van der Waals surface area contributed by atoms with E-state index in [0.717, 1.165) is 6.54 Å². The van der Waals surface area contributed by atoms with Crippen molar-refractivity contribution in [3.8, 4) is 0 Å². The van der Waals surface area contributed by atoms with Gasteiger partial charge >= 0.3 is 0 Å². The van der Waals surface area contributed by atoms with Gasteiger partial charge in [-0.1, -0.05) is 51.1 Å². The molecule has 0 aliphatic heterocycles. The third kappa shape index (κ3) is 2.22. The minimum atomic E-state index is 0.282. The van der Waals surface area contributed by atoms with Crippen molar-refractivity contribution in [1.82, 2.24) is 4.57 Å². The van der Waals surface area contributed by atoms with Crippen LogP contribution in [0.2, 0.25) is 0 Å². The van der Waals surface area contributed by atoms with Crippen LogP contribution in [0.15, 0.2) is 24.3 Å². The molecule has 1 heteroatoms. The van der Waals surface area contributed by atoms with Gasteiger partial charge in [0.2, 0.25) is 0 Å². The summed E-state index contributed by atoms with van der Waals surface area (Å²) in [5.41, 5.74) is 1.62. The highest BCUT2D eigenvalue weighted by Gasteiger charge is 2.14. The van der Waals surface area contributed by atoms with Crippen molar-refractivity contribution in [1.29, 1.82) is 0 Å².